The molecular weight excluding hydrogens is 230 g/mol. The summed E-state index contributed by atoms with van der Waals surface area (Å²) < 4.78 is 0. The van der Waals surface area contributed by atoms with Gasteiger partial charge in [0.2, 0.25) is 0 Å². The normalized spacial score (nSPS) is 29.2. The van der Waals surface area contributed by atoms with Gasteiger partial charge in [-0.1, -0.05) is 37.1 Å². The standard InChI is InChI=1S/C15H22ClN/c1-11-2-5-13(10-17)14(8-11)9-12-3-6-15(16)7-4-12/h3-4,6-7,11,13-14H,2,5,8-10,17H2,1H3. The van der Waals surface area contributed by atoms with Crippen LogP contribution in [0.5, 0.6) is 0 Å². The van der Waals surface area contributed by atoms with Gasteiger partial charge in [-0.05, 0) is 61.3 Å². The first-order valence-corrected chi connectivity index (χ1v) is 7.01. The summed E-state index contributed by atoms with van der Waals surface area (Å²) in [6, 6.07) is 8.27. The predicted molar refractivity (Wildman–Crippen MR) is 74.2 cm³/mol. The highest BCUT2D eigenvalue weighted by Gasteiger charge is 2.27. The van der Waals surface area contributed by atoms with Crippen LogP contribution in [0.3, 0.4) is 0 Å². The molecule has 3 atom stereocenters. The van der Waals surface area contributed by atoms with Crippen molar-refractivity contribution in [2.45, 2.75) is 32.6 Å². The molecular formula is C15H22ClN. The average Bonchev–Trinajstić information content (AvgIpc) is 2.32. The molecule has 2 heteroatoms. The summed E-state index contributed by atoms with van der Waals surface area (Å²) in [5, 5.41) is 0.820. The maximum Gasteiger partial charge on any atom is 0.0406 e. The van der Waals surface area contributed by atoms with E-state index in [2.05, 4.69) is 19.1 Å². The molecule has 1 aromatic rings. The van der Waals surface area contributed by atoms with Crippen molar-refractivity contribution in [2.75, 3.05) is 6.54 Å². The monoisotopic (exact) mass is 251 g/mol. The van der Waals surface area contributed by atoms with Crippen molar-refractivity contribution < 1.29 is 0 Å². The van der Waals surface area contributed by atoms with Crippen LogP contribution in [0.15, 0.2) is 24.3 Å². The van der Waals surface area contributed by atoms with Gasteiger partial charge >= 0.3 is 0 Å². The highest BCUT2D eigenvalue weighted by atomic mass is 35.5. The van der Waals surface area contributed by atoms with Crippen molar-refractivity contribution in [3.63, 3.8) is 0 Å². The largest absolute Gasteiger partial charge is 0.330 e. The summed E-state index contributed by atoms with van der Waals surface area (Å²) in [7, 11) is 0. The molecule has 3 unspecified atom stereocenters. The SMILES string of the molecule is CC1CCC(CN)C(Cc2ccc(Cl)cc2)C1. The van der Waals surface area contributed by atoms with E-state index >= 15 is 0 Å². The topological polar surface area (TPSA) is 26.0 Å². The second-order valence-electron chi connectivity index (χ2n) is 5.50. The minimum Gasteiger partial charge on any atom is -0.330 e. The number of benzene rings is 1. The lowest BCUT2D eigenvalue weighted by Crippen LogP contribution is -2.30. The summed E-state index contributed by atoms with van der Waals surface area (Å²) in [6.45, 7) is 3.20. The Kier molecular flexibility index (Phi) is 4.47. The van der Waals surface area contributed by atoms with Crippen LogP contribution in [-0.4, -0.2) is 6.54 Å². The van der Waals surface area contributed by atoms with Crippen LogP contribution in [0.2, 0.25) is 5.02 Å². The van der Waals surface area contributed by atoms with Crippen molar-refractivity contribution in [3.8, 4) is 0 Å². The summed E-state index contributed by atoms with van der Waals surface area (Å²) in [5.41, 5.74) is 7.29. The van der Waals surface area contributed by atoms with Crippen molar-refractivity contribution in [1.29, 1.82) is 0 Å². The van der Waals surface area contributed by atoms with Crippen LogP contribution >= 0.6 is 11.6 Å². The Bertz CT molecular complexity index is 346. The van der Waals surface area contributed by atoms with E-state index in [0.717, 1.165) is 29.8 Å². The zero-order valence-electron chi connectivity index (χ0n) is 10.5. The quantitative estimate of drug-likeness (QED) is 0.867. The molecule has 94 valence electrons. The zero-order valence-corrected chi connectivity index (χ0v) is 11.3. The molecule has 1 nitrogen and oxygen atoms in total. The lowest BCUT2D eigenvalue weighted by Gasteiger charge is -2.34. The second kappa shape index (κ2) is 5.88. The van der Waals surface area contributed by atoms with Gasteiger partial charge in [-0.25, -0.2) is 0 Å². The van der Waals surface area contributed by atoms with Gasteiger partial charge in [0, 0.05) is 5.02 Å². The molecule has 2 N–H and O–H groups in total. The van der Waals surface area contributed by atoms with E-state index in [1.165, 1.54) is 24.8 Å². The molecule has 0 radical (unpaired) electrons. The highest BCUT2D eigenvalue weighted by Crippen LogP contribution is 2.35. The molecule has 0 saturated heterocycles. The fraction of sp³-hybridized carbons (Fsp3) is 0.600. The number of halogens is 1. The van der Waals surface area contributed by atoms with E-state index in [9.17, 15) is 0 Å². The maximum atomic E-state index is 5.91. The first-order chi connectivity index (χ1) is 8.19. The Morgan fingerprint density at radius 3 is 2.53 bits per heavy atom. The summed E-state index contributed by atoms with van der Waals surface area (Å²) in [6.07, 6.45) is 5.13. The molecule has 2 rings (SSSR count). The fourth-order valence-corrected chi connectivity index (χ4v) is 3.17. The van der Waals surface area contributed by atoms with Crippen LogP contribution in [0.1, 0.15) is 31.7 Å². The third kappa shape index (κ3) is 3.46. The molecule has 1 aromatic carbocycles. The summed E-state index contributed by atoms with van der Waals surface area (Å²) >= 11 is 5.91. The van der Waals surface area contributed by atoms with Crippen molar-refractivity contribution in [1.82, 2.24) is 0 Å². The molecule has 0 bridgehead atoms. The molecule has 1 fully saturated rings. The Labute approximate surface area is 109 Å². The maximum absolute atomic E-state index is 5.91. The van der Waals surface area contributed by atoms with Crippen LogP contribution in [-0.2, 0) is 6.42 Å². The van der Waals surface area contributed by atoms with Gasteiger partial charge < -0.3 is 5.73 Å². The number of hydrogen-bond acceptors (Lipinski definition) is 1. The lowest BCUT2D eigenvalue weighted by molar-refractivity contribution is 0.193. The lowest BCUT2D eigenvalue weighted by atomic mass is 9.72. The van der Waals surface area contributed by atoms with Gasteiger partial charge in [0.05, 0.1) is 0 Å². The number of hydrogen-bond donors (Lipinski definition) is 1. The third-order valence-electron chi connectivity index (χ3n) is 4.12. The Morgan fingerprint density at radius 2 is 1.88 bits per heavy atom. The summed E-state index contributed by atoms with van der Waals surface area (Å²) in [5.74, 6) is 2.32. The van der Waals surface area contributed by atoms with Gasteiger partial charge in [-0.3, -0.25) is 0 Å². The molecule has 0 amide bonds. The van der Waals surface area contributed by atoms with Crippen LogP contribution < -0.4 is 5.73 Å². The minimum atomic E-state index is 0.710. The molecule has 1 aliphatic rings. The van der Waals surface area contributed by atoms with Crippen LogP contribution in [0.25, 0.3) is 0 Å². The molecule has 0 heterocycles. The predicted octanol–water partition coefficient (Wildman–Crippen LogP) is 3.89. The van der Waals surface area contributed by atoms with Crippen LogP contribution in [0.4, 0.5) is 0 Å². The Morgan fingerprint density at radius 1 is 1.18 bits per heavy atom. The van der Waals surface area contributed by atoms with Crippen molar-refractivity contribution >= 4 is 11.6 Å². The van der Waals surface area contributed by atoms with E-state index in [1.54, 1.807) is 0 Å². The summed E-state index contributed by atoms with van der Waals surface area (Å²) in [4.78, 5) is 0. The average molecular weight is 252 g/mol. The molecule has 0 aliphatic heterocycles. The molecule has 0 aromatic heterocycles. The van der Waals surface area contributed by atoms with Crippen molar-refractivity contribution in [3.05, 3.63) is 34.9 Å². The van der Waals surface area contributed by atoms with Gasteiger partial charge in [0.1, 0.15) is 0 Å². The van der Waals surface area contributed by atoms with E-state index in [0.29, 0.717) is 5.92 Å². The fourth-order valence-electron chi connectivity index (χ4n) is 3.04. The van der Waals surface area contributed by atoms with Crippen LogP contribution in [0, 0.1) is 17.8 Å². The molecule has 0 spiro atoms. The van der Waals surface area contributed by atoms with Gasteiger partial charge in [-0.2, -0.15) is 0 Å². The van der Waals surface area contributed by atoms with E-state index in [4.69, 9.17) is 17.3 Å². The first kappa shape index (κ1) is 12.9. The van der Waals surface area contributed by atoms with Crippen molar-refractivity contribution in [2.24, 2.45) is 23.5 Å². The van der Waals surface area contributed by atoms with E-state index in [1.807, 2.05) is 12.1 Å². The molecule has 1 aliphatic carbocycles. The minimum absolute atomic E-state index is 0.710. The van der Waals surface area contributed by atoms with Gasteiger partial charge in [0.15, 0.2) is 0 Å². The number of rotatable bonds is 3. The third-order valence-corrected chi connectivity index (χ3v) is 4.37. The van der Waals surface area contributed by atoms with Gasteiger partial charge in [0.25, 0.3) is 0 Å². The van der Waals surface area contributed by atoms with E-state index < -0.39 is 0 Å². The smallest absolute Gasteiger partial charge is 0.0406 e. The van der Waals surface area contributed by atoms with Gasteiger partial charge in [-0.15, -0.1) is 0 Å². The molecule has 1 saturated carbocycles. The Balaban J connectivity index is 2.02. The highest BCUT2D eigenvalue weighted by molar-refractivity contribution is 6.30. The second-order valence-corrected chi connectivity index (χ2v) is 5.94. The number of nitrogens with two attached hydrogens (primary N) is 1. The van der Waals surface area contributed by atoms with E-state index in [-0.39, 0.29) is 0 Å². The Hall–Kier alpha value is -0.530. The first-order valence-electron chi connectivity index (χ1n) is 6.63. The molecule has 17 heavy (non-hydrogen) atoms. The zero-order chi connectivity index (χ0) is 12.3.